The Morgan fingerprint density at radius 3 is 2.38 bits per heavy atom. The average molecular weight is 531 g/mol. The van der Waals surface area contributed by atoms with E-state index in [0.29, 0.717) is 30.1 Å². The van der Waals surface area contributed by atoms with Crippen molar-refractivity contribution in [3.05, 3.63) is 95.8 Å². The molecule has 0 aliphatic heterocycles. The Bertz CT molecular complexity index is 1390. The monoisotopic (exact) mass is 530 g/mol. The van der Waals surface area contributed by atoms with E-state index < -0.39 is 18.6 Å². The number of carbonyl (C=O) groups excluding carboxylic acids is 1. The van der Waals surface area contributed by atoms with E-state index in [1.807, 2.05) is 43.3 Å². The lowest BCUT2D eigenvalue weighted by Gasteiger charge is -2.20. The Balaban J connectivity index is 1.32. The van der Waals surface area contributed by atoms with Gasteiger partial charge in [0.2, 0.25) is 0 Å². The first-order valence-electron chi connectivity index (χ1n) is 12.4. The molecule has 3 aromatic carbocycles. The van der Waals surface area contributed by atoms with Crippen LogP contribution in [0.4, 0.5) is 4.79 Å². The molecule has 0 spiro atoms. The highest BCUT2D eigenvalue weighted by atomic mass is 16.6. The standard InChI is InChI=1S/C29H30N4O6/c1-21-27(31-33(30-21)23-9-4-3-5-10-23)12-7-17-38-26-11-6-8-22(18-26)19-32(20-28(34)35)29(36)39-25-15-13-24(37-2)14-16-25/h3-6,8-11,13-16,18H,7,12,17,19-20H2,1-2H3,(H,34,35). The Morgan fingerprint density at radius 1 is 0.923 bits per heavy atom. The number of aliphatic carboxylic acids is 1. The number of ether oxygens (including phenoxy) is 3. The molecule has 202 valence electrons. The molecule has 0 aliphatic rings. The van der Waals surface area contributed by atoms with Crippen LogP contribution < -0.4 is 14.2 Å². The summed E-state index contributed by atoms with van der Waals surface area (Å²) in [5.41, 5.74) is 3.41. The maximum atomic E-state index is 12.7. The molecule has 10 heteroatoms. The van der Waals surface area contributed by atoms with Crippen molar-refractivity contribution in [2.24, 2.45) is 0 Å². The van der Waals surface area contributed by atoms with E-state index in [1.54, 1.807) is 47.3 Å². The van der Waals surface area contributed by atoms with Gasteiger partial charge < -0.3 is 19.3 Å². The number of nitrogens with zero attached hydrogens (tertiary/aromatic N) is 4. The zero-order valence-corrected chi connectivity index (χ0v) is 21.8. The summed E-state index contributed by atoms with van der Waals surface area (Å²) in [4.78, 5) is 26.9. The van der Waals surface area contributed by atoms with Gasteiger partial charge in [0, 0.05) is 6.54 Å². The first kappa shape index (κ1) is 27.2. The fourth-order valence-electron chi connectivity index (χ4n) is 3.86. The lowest BCUT2D eigenvalue weighted by Crippen LogP contribution is -2.37. The summed E-state index contributed by atoms with van der Waals surface area (Å²) in [6, 6.07) is 23.4. The van der Waals surface area contributed by atoms with E-state index >= 15 is 0 Å². The van der Waals surface area contributed by atoms with Crippen LogP contribution in [-0.2, 0) is 17.8 Å². The highest BCUT2D eigenvalue weighted by Gasteiger charge is 2.20. The van der Waals surface area contributed by atoms with Gasteiger partial charge in [-0.15, -0.1) is 0 Å². The van der Waals surface area contributed by atoms with Gasteiger partial charge in [0.1, 0.15) is 23.8 Å². The van der Waals surface area contributed by atoms with Gasteiger partial charge in [-0.05, 0) is 73.9 Å². The third kappa shape index (κ3) is 7.81. The van der Waals surface area contributed by atoms with Crippen LogP contribution in [0, 0.1) is 6.92 Å². The third-order valence-electron chi connectivity index (χ3n) is 5.81. The van der Waals surface area contributed by atoms with E-state index in [9.17, 15) is 14.7 Å². The number of carbonyl (C=O) groups is 2. The number of para-hydroxylation sites is 1. The quantitative estimate of drug-likeness (QED) is 0.263. The molecule has 10 nitrogen and oxygen atoms in total. The SMILES string of the molecule is COc1ccc(OC(=O)N(CC(=O)O)Cc2cccc(OCCCc3nn(-c4ccccc4)nc3C)c2)cc1. The van der Waals surface area contributed by atoms with Crippen LogP contribution in [0.15, 0.2) is 78.9 Å². The number of aryl methyl sites for hydroxylation is 2. The minimum absolute atomic E-state index is 0.0419. The molecule has 1 heterocycles. The molecular formula is C29H30N4O6. The number of benzene rings is 3. The second-order valence-corrected chi connectivity index (χ2v) is 8.75. The highest BCUT2D eigenvalue weighted by molar-refractivity contribution is 5.78. The maximum absolute atomic E-state index is 12.7. The fourth-order valence-corrected chi connectivity index (χ4v) is 3.86. The molecule has 0 fully saturated rings. The molecule has 1 amide bonds. The average Bonchev–Trinajstić information content (AvgIpc) is 3.32. The van der Waals surface area contributed by atoms with Crippen LogP contribution >= 0.6 is 0 Å². The Labute approximate surface area is 226 Å². The van der Waals surface area contributed by atoms with Gasteiger partial charge in [-0.25, -0.2) is 4.79 Å². The lowest BCUT2D eigenvalue weighted by molar-refractivity contribution is -0.138. The van der Waals surface area contributed by atoms with Crippen molar-refractivity contribution in [2.45, 2.75) is 26.3 Å². The molecule has 1 N–H and O–H groups in total. The van der Waals surface area contributed by atoms with Gasteiger partial charge >= 0.3 is 12.1 Å². The molecule has 0 atom stereocenters. The highest BCUT2D eigenvalue weighted by Crippen LogP contribution is 2.20. The third-order valence-corrected chi connectivity index (χ3v) is 5.81. The molecule has 1 aromatic heterocycles. The van der Waals surface area contributed by atoms with E-state index in [4.69, 9.17) is 14.2 Å². The lowest BCUT2D eigenvalue weighted by atomic mass is 10.2. The van der Waals surface area contributed by atoms with Gasteiger partial charge in [-0.1, -0.05) is 30.3 Å². The number of methoxy groups -OCH3 is 1. The fraction of sp³-hybridized carbons (Fsp3) is 0.241. The predicted octanol–water partition coefficient (Wildman–Crippen LogP) is 4.68. The van der Waals surface area contributed by atoms with Crippen molar-refractivity contribution in [1.29, 1.82) is 0 Å². The number of aromatic nitrogens is 3. The normalized spacial score (nSPS) is 10.6. The summed E-state index contributed by atoms with van der Waals surface area (Å²) in [7, 11) is 1.53. The van der Waals surface area contributed by atoms with Crippen LogP contribution in [-0.4, -0.2) is 57.3 Å². The van der Waals surface area contributed by atoms with Crippen LogP contribution in [0.25, 0.3) is 5.69 Å². The summed E-state index contributed by atoms with van der Waals surface area (Å²) in [5.74, 6) is 0.375. The summed E-state index contributed by atoms with van der Waals surface area (Å²) in [5, 5.41) is 18.4. The molecule has 4 rings (SSSR count). The number of hydrogen-bond donors (Lipinski definition) is 1. The second kappa shape index (κ2) is 13.1. The minimum atomic E-state index is -1.14. The zero-order chi connectivity index (χ0) is 27.6. The van der Waals surface area contributed by atoms with Crippen molar-refractivity contribution < 1.29 is 28.9 Å². The smallest absolute Gasteiger partial charge is 0.416 e. The van der Waals surface area contributed by atoms with Gasteiger partial charge in [0.25, 0.3) is 0 Å². The number of carboxylic acid groups (broad SMARTS) is 1. The molecule has 39 heavy (non-hydrogen) atoms. The summed E-state index contributed by atoms with van der Waals surface area (Å²) in [6.07, 6.45) is 0.674. The topological polar surface area (TPSA) is 116 Å². The number of rotatable bonds is 12. The van der Waals surface area contributed by atoms with Crippen molar-refractivity contribution in [3.8, 4) is 22.9 Å². The van der Waals surface area contributed by atoms with Gasteiger partial charge in [-0.2, -0.15) is 15.0 Å². The van der Waals surface area contributed by atoms with Crippen molar-refractivity contribution in [2.75, 3.05) is 20.3 Å². The Hall–Kier alpha value is -4.86. The molecule has 0 saturated heterocycles. The Kier molecular flexibility index (Phi) is 9.12. The molecule has 0 unspecified atom stereocenters. The number of amides is 1. The van der Waals surface area contributed by atoms with E-state index in [0.717, 1.165) is 28.4 Å². The summed E-state index contributed by atoms with van der Waals surface area (Å²) in [6.45, 7) is 1.93. The van der Waals surface area contributed by atoms with Gasteiger partial charge in [-0.3, -0.25) is 9.69 Å². The first-order chi connectivity index (χ1) is 18.9. The molecule has 0 aliphatic carbocycles. The van der Waals surface area contributed by atoms with Crippen LogP contribution in [0.2, 0.25) is 0 Å². The van der Waals surface area contributed by atoms with Crippen molar-refractivity contribution in [3.63, 3.8) is 0 Å². The molecular weight excluding hydrogens is 500 g/mol. The summed E-state index contributed by atoms with van der Waals surface area (Å²) >= 11 is 0. The Morgan fingerprint density at radius 2 is 1.67 bits per heavy atom. The van der Waals surface area contributed by atoms with Crippen molar-refractivity contribution >= 4 is 12.1 Å². The maximum Gasteiger partial charge on any atom is 0.416 e. The largest absolute Gasteiger partial charge is 0.497 e. The van der Waals surface area contributed by atoms with E-state index in [1.165, 1.54) is 7.11 Å². The minimum Gasteiger partial charge on any atom is -0.497 e. The second-order valence-electron chi connectivity index (χ2n) is 8.75. The zero-order valence-electron chi connectivity index (χ0n) is 21.8. The van der Waals surface area contributed by atoms with E-state index in [2.05, 4.69) is 10.2 Å². The number of carboxylic acids is 1. The summed E-state index contributed by atoms with van der Waals surface area (Å²) < 4.78 is 16.4. The first-order valence-corrected chi connectivity index (χ1v) is 12.4. The van der Waals surface area contributed by atoms with Gasteiger partial charge in [0.15, 0.2) is 0 Å². The molecule has 0 radical (unpaired) electrons. The van der Waals surface area contributed by atoms with E-state index in [-0.39, 0.29) is 12.3 Å². The van der Waals surface area contributed by atoms with Crippen LogP contribution in [0.1, 0.15) is 23.4 Å². The van der Waals surface area contributed by atoms with Crippen molar-refractivity contribution in [1.82, 2.24) is 19.9 Å². The van der Waals surface area contributed by atoms with Gasteiger partial charge in [0.05, 0.1) is 30.8 Å². The molecule has 0 bridgehead atoms. The molecule has 4 aromatic rings. The van der Waals surface area contributed by atoms with Crippen LogP contribution in [0.5, 0.6) is 17.2 Å². The number of hydrogen-bond acceptors (Lipinski definition) is 7. The van der Waals surface area contributed by atoms with Crippen LogP contribution in [0.3, 0.4) is 0 Å². The predicted molar refractivity (Wildman–Crippen MR) is 143 cm³/mol. The molecule has 0 saturated carbocycles.